The predicted molar refractivity (Wildman–Crippen MR) is 94.4 cm³/mol. The lowest BCUT2D eigenvalue weighted by molar-refractivity contribution is 0.113. The smallest absolute Gasteiger partial charge is 0.133 e. The number of ether oxygens (including phenoxy) is 1. The topological polar surface area (TPSA) is 65.8 Å². The van der Waals surface area contributed by atoms with Gasteiger partial charge in [-0.2, -0.15) is 0 Å². The molecule has 2 aromatic rings. The third-order valence-corrected chi connectivity index (χ3v) is 5.37. The molecule has 2 N–H and O–H groups in total. The number of likely N-dealkylation sites (tertiary alicyclic amines) is 1. The summed E-state index contributed by atoms with van der Waals surface area (Å²) in [6.07, 6.45) is 3.25. The Labute approximate surface area is 147 Å². The number of nitrogens with zero attached hydrogens (tertiary/aromatic N) is 2. The highest BCUT2D eigenvalue weighted by molar-refractivity contribution is 5.22. The van der Waals surface area contributed by atoms with Gasteiger partial charge in [-0.1, -0.05) is 18.2 Å². The zero-order valence-corrected chi connectivity index (χ0v) is 14.2. The van der Waals surface area contributed by atoms with Crippen molar-refractivity contribution in [1.82, 2.24) is 9.88 Å². The first-order valence-corrected chi connectivity index (χ1v) is 8.94. The third kappa shape index (κ3) is 3.78. The number of β-amino-alcohol motifs (C(OH)–C–C–N with tert-alkyl or cyclic N) is 1. The maximum atomic E-state index is 10.4. The van der Waals surface area contributed by atoms with Gasteiger partial charge in [-0.25, -0.2) is 0 Å². The van der Waals surface area contributed by atoms with Gasteiger partial charge in [0, 0.05) is 19.6 Å². The molecule has 25 heavy (non-hydrogen) atoms. The number of para-hydroxylation sites is 1. The molecule has 1 saturated carbocycles. The molecule has 2 fully saturated rings. The fourth-order valence-electron chi connectivity index (χ4n) is 4.21. The van der Waals surface area contributed by atoms with Crippen LogP contribution in [0.4, 0.5) is 0 Å². The van der Waals surface area contributed by atoms with Crippen LogP contribution in [0.3, 0.4) is 0 Å². The molecule has 0 bridgehead atoms. The third-order valence-electron chi connectivity index (χ3n) is 5.37. The average Bonchev–Trinajstić information content (AvgIpc) is 3.14. The van der Waals surface area contributed by atoms with Gasteiger partial charge >= 0.3 is 0 Å². The quantitative estimate of drug-likeness (QED) is 0.876. The minimum absolute atomic E-state index is 0.121. The molecular weight excluding hydrogens is 316 g/mol. The predicted octanol–water partition coefficient (Wildman–Crippen LogP) is 2.61. The van der Waals surface area contributed by atoms with E-state index in [0.717, 1.165) is 31.7 Å². The van der Waals surface area contributed by atoms with Gasteiger partial charge in [0.15, 0.2) is 0 Å². The second-order valence-corrected chi connectivity index (χ2v) is 7.22. The van der Waals surface area contributed by atoms with Gasteiger partial charge in [-0.05, 0) is 48.9 Å². The lowest BCUT2D eigenvalue weighted by Gasteiger charge is -2.22. The average molecular weight is 340 g/mol. The van der Waals surface area contributed by atoms with Crippen LogP contribution in [0.25, 0.3) is 0 Å². The molecule has 2 aliphatic rings. The Kier molecular flexibility index (Phi) is 4.59. The van der Waals surface area contributed by atoms with E-state index in [4.69, 9.17) is 4.74 Å². The Balaban J connectivity index is 1.28. The van der Waals surface area contributed by atoms with Crippen molar-refractivity contribution in [1.29, 1.82) is 0 Å². The van der Waals surface area contributed by atoms with Gasteiger partial charge in [0.05, 0.1) is 18.0 Å². The summed E-state index contributed by atoms with van der Waals surface area (Å²) >= 11 is 0. The number of rotatable bonds is 5. The number of fused-ring (bicyclic) bond motifs is 1. The molecule has 2 heterocycles. The van der Waals surface area contributed by atoms with E-state index in [1.165, 1.54) is 6.20 Å². The molecule has 0 radical (unpaired) electrons. The highest BCUT2D eigenvalue weighted by Gasteiger charge is 2.42. The molecule has 0 spiro atoms. The highest BCUT2D eigenvalue weighted by atomic mass is 16.5. The van der Waals surface area contributed by atoms with Crippen molar-refractivity contribution < 1.29 is 14.9 Å². The van der Waals surface area contributed by atoms with E-state index in [0.29, 0.717) is 30.2 Å². The number of pyridine rings is 1. The van der Waals surface area contributed by atoms with Gasteiger partial charge in [-0.15, -0.1) is 0 Å². The Morgan fingerprint density at radius 1 is 1.08 bits per heavy atom. The molecule has 4 rings (SSSR count). The molecule has 1 aromatic heterocycles. The molecule has 5 heteroatoms. The summed E-state index contributed by atoms with van der Waals surface area (Å²) in [5.74, 6) is 2.37. The van der Waals surface area contributed by atoms with Gasteiger partial charge in [0.25, 0.3) is 0 Å². The summed E-state index contributed by atoms with van der Waals surface area (Å²) in [5.41, 5.74) is 0.611. The van der Waals surface area contributed by atoms with E-state index < -0.39 is 6.10 Å². The van der Waals surface area contributed by atoms with Crippen LogP contribution in [-0.2, 0) is 0 Å². The van der Waals surface area contributed by atoms with Crippen molar-refractivity contribution in [3.8, 4) is 11.5 Å². The van der Waals surface area contributed by atoms with Crippen molar-refractivity contribution in [3.63, 3.8) is 0 Å². The van der Waals surface area contributed by atoms with Crippen molar-refractivity contribution in [3.05, 3.63) is 54.4 Å². The zero-order valence-electron chi connectivity index (χ0n) is 14.2. The number of aliphatic hydroxyl groups is 1. The lowest BCUT2D eigenvalue weighted by atomic mass is 10.0. The van der Waals surface area contributed by atoms with Crippen molar-refractivity contribution in [2.45, 2.75) is 25.0 Å². The van der Waals surface area contributed by atoms with Gasteiger partial charge in [0.1, 0.15) is 17.6 Å². The number of aliphatic hydroxyl groups excluding tert-OH is 1. The van der Waals surface area contributed by atoms with E-state index in [9.17, 15) is 10.2 Å². The van der Waals surface area contributed by atoms with Crippen LogP contribution in [0.15, 0.2) is 48.7 Å². The van der Waals surface area contributed by atoms with Crippen LogP contribution < -0.4 is 4.74 Å². The molecule has 132 valence electrons. The second kappa shape index (κ2) is 7.02. The fourth-order valence-corrected chi connectivity index (χ4v) is 4.21. The zero-order chi connectivity index (χ0) is 17.2. The van der Waals surface area contributed by atoms with Crippen LogP contribution >= 0.6 is 0 Å². The van der Waals surface area contributed by atoms with Crippen molar-refractivity contribution in [2.75, 3.05) is 19.6 Å². The van der Waals surface area contributed by atoms with E-state index in [-0.39, 0.29) is 5.75 Å². The van der Waals surface area contributed by atoms with Crippen molar-refractivity contribution >= 4 is 0 Å². The molecule has 1 saturated heterocycles. The number of benzene rings is 1. The summed E-state index contributed by atoms with van der Waals surface area (Å²) in [5, 5.41) is 19.7. The van der Waals surface area contributed by atoms with Crippen molar-refractivity contribution in [2.24, 2.45) is 11.8 Å². The summed E-state index contributed by atoms with van der Waals surface area (Å²) in [7, 11) is 0. The molecule has 0 unspecified atom stereocenters. The first-order chi connectivity index (χ1) is 12.2. The molecule has 5 nitrogen and oxygen atoms in total. The Morgan fingerprint density at radius 2 is 1.80 bits per heavy atom. The first kappa shape index (κ1) is 16.4. The van der Waals surface area contributed by atoms with E-state index in [2.05, 4.69) is 9.88 Å². The van der Waals surface area contributed by atoms with Crippen LogP contribution in [-0.4, -0.2) is 45.8 Å². The Hall–Kier alpha value is -2.11. The first-order valence-electron chi connectivity index (χ1n) is 8.94. The number of aromatic hydroxyl groups is 1. The second-order valence-electron chi connectivity index (χ2n) is 7.22. The molecule has 0 amide bonds. The fraction of sp³-hybridized carbons (Fsp3) is 0.450. The standard InChI is InChI=1S/C20H24N2O3/c23-16-6-7-19(21-10-16)20(24)13-22-11-14-8-18(9-15(14)12-22)25-17-4-2-1-3-5-17/h1-7,10,14-15,18,20,23-24H,8-9,11-13H2/t14-,15+,18-,20-/m0/s1. The van der Waals surface area contributed by atoms with Gasteiger partial charge in [-0.3, -0.25) is 9.88 Å². The normalized spacial score (nSPS) is 27.2. The number of hydrogen-bond donors (Lipinski definition) is 2. The maximum Gasteiger partial charge on any atom is 0.133 e. The largest absolute Gasteiger partial charge is 0.506 e. The summed E-state index contributed by atoms with van der Waals surface area (Å²) in [4.78, 5) is 6.43. The monoisotopic (exact) mass is 340 g/mol. The van der Waals surface area contributed by atoms with Crippen LogP contribution in [0.1, 0.15) is 24.6 Å². The summed E-state index contributed by atoms with van der Waals surface area (Å²) in [6.45, 7) is 2.61. The Bertz CT molecular complexity index is 678. The maximum absolute atomic E-state index is 10.4. The Morgan fingerprint density at radius 3 is 2.44 bits per heavy atom. The van der Waals surface area contributed by atoms with Crippen LogP contribution in [0.5, 0.6) is 11.5 Å². The summed E-state index contributed by atoms with van der Waals surface area (Å²) in [6, 6.07) is 13.3. The van der Waals surface area contributed by atoms with E-state index in [1.54, 1.807) is 12.1 Å². The number of aromatic nitrogens is 1. The molecular formula is C20H24N2O3. The molecule has 1 aromatic carbocycles. The molecule has 1 aliphatic carbocycles. The van der Waals surface area contributed by atoms with E-state index in [1.807, 2.05) is 30.3 Å². The van der Waals surface area contributed by atoms with E-state index >= 15 is 0 Å². The minimum Gasteiger partial charge on any atom is -0.506 e. The molecule has 1 aliphatic heterocycles. The molecule has 4 atom stereocenters. The minimum atomic E-state index is -0.615. The lowest BCUT2D eigenvalue weighted by Crippen LogP contribution is -2.29. The van der Waals surface area contributed by atoms with Crippen LogP contribution in [0, 0.1) is 11.8 Å². The SMILES string of the molecule is Oc1ccc([C@@H](O)CN2C[C@H]3C[C@@H](Oc4ccccc4)C[C@H]3C2)nc1. The van der Waals surface area contributed by atoms with Crippen LogP contribution in [0.2, 0.25) is 0 Å². The van der Waals surface area contributed by atoms with Gasteiger partial charge in [0.2, 0.25) is 0 Å². The highest BCUT2D eigenvalue weighted by Crippen LogP contribution is 2.40. The number of hydrogen-bond acceptors (Lipinski definition) is 5. The summed E-state index contributed by atoms with van der Waals surface area (Å²) < 4.78 is 6.11. The van der Waals surface area contributed by atoms with Gasteiger partial charge < -0.3 is 14.9 Å².